The minimum Gasteiger partial charge on any atom is -0.376 e. The molecule has 22 heavy (non-hydrogen) atoms. The Bertz CT molecular complexity index is 513. The predicted octanol–water partition coefficient (Wildman–Crippen LogP) is 1.72. The normalized spacial score (nSPS) is 24.5. The number of hydrogen-bond acceptors (Lipinski definition) is 5. The second-order valence-electron chi connectivity index (χ2n) is 6.05. The highest BCUT2D eigenvalue weighted by atomic mass is 16.5. The highest BCUT2D eigenvalue weighted by Crippen LogP contribution is 2.28. The Morgan fingerprint density at radius 1 is 1.32 bits per heavy atom. The summed E-state index contributed by atoms with van der Waals surface area (Å²) in [6, 6.07) is 0.115. The van der Waals surface area contributed by atoms with Crippen LogP contribution in [0, 0.1) is 0 Å². The van der Waals surface area contributed by atoms with Gasteiger partial charge in [-0.3, -0.25) is 0 Å². The first kappa shape index (κ1) is 15.0. The van der Waals surface area contributed by atoms with Crippen LogP contribution in [0.1, 0.15) is 25.7 Å². The topological polar surface area (TPSA) is 70.6 Å². The molecule has 7 heteroatoms. The first-order valence-corrected chi connectivity index (χ1v) is 7.84. The van der Waals surface area contributed by atoms with Gasteiger partial charge in [-0.15, -0.1) is 0 Å². The van der Waals surface area contributed by atoms with E-state index in [1.54, 1.807) is 12.4 Å². The number of hydrogen-bond donors (Lipinski definition) is 1. The molecule has 0 bridgehead atoms. The predicted molar refractivity (Wildman–Crippen MR) is 84.1 cm³/mol. The lowest BCUT2D eigenvalue weighted by Gasteiger charge is -2.28. The number of aromatic nitrogens is 2. The molecular formula is C15H23N5O2. The van der Waals surface area contributed by atoms with Gasteiger partial charge in [0.2, 0.25) is 5.95 Å². The van der Waals surface area contributed by atoms with Crippen LogP contribution in [0.15, 0.2) is 12.4 Å². The van der Waals surface area contributed by atoms with Crippen LogP contribution in [0.2, 0.25) is 0 Å². The molecule has 0 radical (unpaired) electrons. The van der Waals surface area contributed by atoms with Crippen molar-refractivity contribution in [2.24, 2.45) is 0 Å². The largest absolute Gasteiger partial charge is 0.376 e. The fourth-order valence-corrected chi connectivity index (χ4v) is 3.15. The smallest absolute Gasteiger partial charge is 0.322 e. The highest BCUT2D eigenvalue weighted by Gasteiger charge is 2.36. The van der Waals surface area contributed by atoms with E-state index in [0.717, 1.165) is 38.8 Å². The number of nitrogens with one attached hydrogen (secondary N) is 1. The van der Waals surface area contributed by atoms with Crippen molar-refractivity contribution >= 4 is 17.7 Å². The summed E-state index contributed by atoms with van der Waals surface area (Å²) in [5, 5.41) is 2.89. The monoisotopic (exact) mass is 305 g/mol. The number of rotatable bonds is 3. The van der Waals surface area contributed by atoms with Gasteiger partial charge in [0, 0.05) is 27.2 Å². The van der Waals surface area contributed by atoms with E-state index in [0.29, 0.717) is 11.6 Å². The zero-order valence-corrected chi connectivity index (χ0v) is 13.2. The van der Waals surface area contributed by atoms with Crippen molar-refractivity contribution in [1.29, 1.82) is 0 Å². The Hall–Kier alpha value is -1.89. The van der Waals surface area contributed by atoms with Crippen LogP contribution in [-0.2, 0) is 4.74 Å². The number of nitrogens with zero attached hydrogens (tertiary/aromatic N) is 4. The Balaban J connectivity index is 1.63. The average Bonchev–Trinajstić information content (AvgIpc) is 3.18. The third-order valence-corrected chi connectivity index (χ3v) is 4.24. The van der Waals surface area contributed by atoms with Crippen molar-refractivity contribution in [3.63, 3.8) is 0 Å². The molecule has 3 rings (SSSR count). The number of anilines is 2. The van der Waals surface area contributed by atoms with Gasteiger partial charge >= 0.3 is 6.03 Å². The van der Waals surface area contributed by atoms with E-state index in [2.05, 4.69) is 15.3 Å². The Morgan fingerprint density at radius 2 is 2.09 bits per heavy atom. The molecule has 0 aliphatic carbocycles. The molecule has 2 fully saturated rings. The van der Waals surface area contributed by atoms with Crippen molar-refractivity contribution in [3.05, 3.63) is 12.4 Å². The summed E-state index contributed by atoms with van der Waals surface area (Å²) >= 11 is 0. The van der Waals surface area contributed by atoms with Gasteiger partial charge in [-0.05, 0) is 25.7 Å². The molecule has 1 aromatic heterocycles. The first-order chi connectivity index (χ1) is 10.6. The molecule has 0 saturated carbocycles. The maximum absolute atomic E-state index is 12.5. The number of carbonyl (C=O) groups excluding carboxylic acids is 1. The van der Waals surface area contributed by atoms with Crippen molar-refractivity contribution < 1.29 is 9.53 Å². The lowest BCUT2D eigenvalue weighted by Crippen LogP contribution is -2.44. The minimum atomic E-state index is -0.0841. The molecule has 2 aliphatic heterocycles. The van der Waals surface area contributed by atoms with E-state index in [9.17, 15) is 4.79 Å². The van der Waals surface area contributed by atoms with Crippen LogP contribution in [0.5, 0.6) is 0 Å². The van der Waals surface area contributed by atoms with Crippen molar-refractivity contribution in [3.8, 4) is 0 Å². The fourth-order valence-electron chi connectivity index (χ4n) is 3.15. The first-order valence-electron chi connectivity index (χ1n) is 7.84. The Kier molecular flexibility index (Phi) is 4.42. The van der Waals surface area contributed by atoms with Gasteiger partial charge in [0.25, 0.3) is 0 Å². The maximum Gasteiger partial charge on any atom is 0.322 e. The van der Waals surface area contributed by atoms with Gasteiger partial charge in [0.15, 0.2) is 0 Å². The molecule has 0 unspecified atom stereocenters. The average molecular weight is 305 g/mol. The SMILES string of the molecule is CN(C)c1ncc(NC(=O)N2CCC[C@H]2[C@@H]2CCCO2)cn1. The van der Waals surface area contributed by atoms with Gasteiger partial charge < -0.3 is 19.9 Å². The van der Waals surface area contributed by atoms with Gasteiger partial charge in [0.1, 0.15) is 0 Å². The van der Waals surface area contributed by atoms with Crippen LogP contribution in [0.25, 0.3) is 0 Å². The van der Waals surface area contributed by atoms with E-state index in [4.69, 9.17) is 4.74 Å². The molecule has 120 valence electrons. The number of likely N-dealkylation sites (tertiary alicyclic amines) is 1. The summed E-state index contributed by atoms with van der Waals surface area (Å²) in [5.74, 6) is 0.622. The number of ether oxygens (including phenoxy) is 1. The van der Waals surface area contributed by atoms with Crippen LogP contribution >= 0.6 is 0 Å². The molecule has 0 aromatic carbocycles. The molecular weight excluding hydrogens is 282 g/mol. The van der Waals surface area contributed by atoms with Crippen LogP contribution in [-0.4, -0.2) is 60.3 Å². The molecule has 7 nitrogen and oxygen atoms in total. The van der Waals surface area contributed by atoms with E-state index >= 15 is 0 Å². The third kappa shape index (κ3) is 3.14. The standard InChI is InChI=1S/C15H23N5O2/c1-19(2)14-16-9-11(10-17-14)18-15(21)20-7-3-5-12(20)13-6-4-8-22-13/h9-10,12-13H,3-8H2,1-2H3,(H,18,21)/t12-,13-/m0/s1. The molecule has 2 saturated heterocycles. The molecule has 2 atom stereocenters. The van der Waals surface area contributed by atoms with E-state index < -0.39 is 0 Å². The van der Waals surface area contributed by atoms with E-state index in [-0.39, 0.29) is 18.2 Å². The summed E-state index contributed by atoms with van der Waals surface area (Å²) < 4.78 is 5.76. The summed E-state index contributed by atoms with van der Waals surface area (Å²) in [5.41, 5.74) is 0.619. The lowest BCUT2D eigenvalue weighted by atomic mass is 10.1. The summed E-state index contributed by atoms with van der Waals surface area (Å²) in [6.45, 7) is 1.60. The molecule has 0 spiro atoms. The van der Waals surface area contributed by atoms with Crippen molar-refractivity contribution in [1.82, 2.24) is 14.9 Å². The number of amides is 2. The van der Waals surface area contributed by atoms with Gasteiger partial charge in [-0.25, -0.2) is 14.8 Å². The molecule has 1 N–H and O–H groups in total. The summed E-state index contributed by atoms with van der Waals surface area (Å²) in [6.07, 6.45) is 7.67. The van der Waals surface area contributed by atoms with Gasteiger partial charge in [0.05, 0.1) is 30.2 Å². The fraction of sp³-hybridized carbons (Fsp3) is 0.667. The minimum absolute atomic E-state index is 0.0841. The van der Waals surface area contributed by atoms with Gasteiger partial charge in [-0.1, -0.05) is 0 Å². The zero-order chi connectivity index (χ0) is 15.5. The second-order valence-corrected chi connectivity index (χ2v) is 6.05. The molecule has 3 heterocycles. The molecule has 2 amide bonds. The van der Waals surface area contributed by atoms with Crippen LogP contribution in [0.4, 0.5) is 16.4 Å². The summed E-state index contributed by atoms with van der Waals surface area (Å²) in [4.78, 5) is 24.6. The highest BCUT2D eigenvalue weighted by molar-refractivity contribution is 5.89. The van der Waals surface area contributed by atoms with Gasteiger partial charge in [-0.2, -0.15) is 0 Å². The second kappa shape index (κ2) is 6.48. The number of carbonyl (C=O) groups is 1. The molecule has 1 aromatic rings. The Morgan fingerprint density at radius 3 is 2.73 bits per heavy atom. The third-order valence-electron chi connectivity index (χ3n) is 4.24. The van der Waals surface area contributed by atoms with Crippen molar-refractivity contribution in [2.75, 3.05) is 37.5 Å². The quantitative estimate of drug-likeness (QED) is 0.920. The molecule has 2 aliphatic rings. The van der Waals surface area contributed by atoms with E-state index in [1.165, 1.54) is 0 Å². The van der Waals surface area contributed by atoms with Crippen molar-refractivity contribution in [2.45, 2.75) is 37.8 Å². The lowest BCUT2D eigenvalue weighted by molar-refractivity contribution is 0.0543. The number of urea groups is 1. The maximum atomic E-state index is 12.5. The Labute approximate surface area is 130 Å². The van der Waals surface area contributed by atoms with Crippen LogP contribution < -0.4 is 10.2 Å². The summed E-state index contributed by atoms with van der Waals surface area (Å²) in [7, 11) is 3.76. The zero-order valence-electron chi connectivity index (χ0n) is 13.2. The van der Waals surface area contributed by atoms with Crippen LogP contribution in [0.3, 0.4) is 0 Å². The van der Waals surface area contributed by atoms with E-state index in [1.807, 2.05) is 23.9 Å².